The van der Waals surface area contributed by atoms with Gasteiger partial charge in [-0.1, -0.05) is 54.6 Å². The minimum Gasteiger partial charge on any atom is -0.496 e. The predicted octanol–water partition coefficient (Wildman–Crippen LogP) is 5.00. The van der Waals surface area contributed by atoms with Crippen LogP contribution in [0, 0.1) is 0 Å². The Hall–Kier alpha value is -3.07. The van der Waals surface area contributed by atoms with Crippen LogP contribution in [-0.2, 0) is 6.42 Å². The van der Waals surface area contributed by atoms with Gasteiger partial charge in [0.2, 0.25) is 5.88 Å². The summed E-state index contributed by atoms with van der Waals surface area (Å²) in [6.45, 7) is 0. The van der Waals surface area contributed by atoms with Gasteiger partial charge in [-0.15, -0.1) is 0 Å². The number of pyridine rings is 1. The molecule has 0 aliphatic rings. The Morgan fingerprint density at radius 2 is 1.40 bits per heavy atom. The molecule has 0 atom stereocenters. The van der Waals surface area contributed by atoms with E-state index >= 15 is 0 Å². The molecule has 0 saturated heterocycles. The molecule has 4 rings (SSSR count). The van der Waals surface area contributed by atoms with Gasteiger partial charge in [0, 0.05) is 29.1 Å². The highest BCUT2D eigenvalue weighted by atomic mass is 16.5. The normalized spacial score (nSPS) is 11.0. The number of rotatable bonds is 4. The fourth-order valence-corrected chi connectivity index (χ4v) is 3.42. The molecule has 3 aromatic carbocycles. The first-order valence-corrected chi connectivity index (χ1v) is 8.27. The lowest BCUT2D eigenvalue weighted by Gasteiger charge is -2.15. The summed E-state index contributed by atoms with van der Waals surface area (Å²) in [5.41, 5.74) is 2.23. The molecule has 4 aromatic rings. The lowest BCUT2D eigenvalue weighted by Crippen LogP contribution is -2.00. The molecule has 1 heterocycles. The van der Waals surface area contributed by atoms with Gasteiger partial charge >= 0.3 is 0 Å². The molecule has 0 aliphatic carbocycles. The van der Waals surface area contributed by atoms with Crippen molar-refractivity contribution in [2.45, 2.75) is 6.42 Å². The van der Waals surface area contributed by atoms with Gasteiger partial charge in [-0.2, -0.15) is 0 Å². The molecule has 1 aromatic heterocycles. The van der Waals surface area contributed by atoms with Crippen LogP contribution in [0.4, 0.5) is 0 Å². The van der Waals surface area contributed by atoms with Crippen molar-refractivity contribution in [3.8, 4) is 11.6 Å². The zero-order valence-corrected chi connectivity index (χ0v) is 14.3. The smallest absolute Gasteiger partial charge is 0.217 e. The third-order valence-corrected chi connectivity index (χ3v) is 4.63. The Labute approximate surface area is 146 Å². The van der Waals surface area contributed by atoms with Crippen molar-refractivity contribution in [2.24, 2.45) is 0 Å². The number of methoxy groups -OCH3 is 2. The van der Waals surface area contributed by atoms with E-state index in [-0.39, 0.29) is 0 Å². The Bertz CT molecular complexity index is 971. The molecule has 0 spiro atoms. The van der Waals surface area contributed by atoms with Gasteiger partial charge in [0.05, 0.1) is 14.2 Å². The van der Waals surface area contributed by atoms with Crippen LogP contribution >= 0.6 is 0 Å². The second kappa shape index (κ2) is 6.44. The molecule has 0 fully saturated rings. The molecule has 0 N–H and O–H groups in total. The maximum absolute atomic E-state index is 5.65. The fraction of sp³-hybridized carbons (Fsp3) is 0.136. The number of hydrogen-bond acceptors (Lipinski definition) is 3. The van der Waals surface area contributed by atoms with Gasteiger partial charge in [-0.25, -0.2) is 4.98 Å². The molecule has 0 saturated carbocycles. The summed E-state index contributed by atoms with van der Waals surface area (Å²) in [5, 5.41) is 4.66. The molecule has 0 unspecified atom stereocenters. The van der Waals surface area contributed by atoms with Crippen LogP contribution in [-0.4, -0.2) is 19.2 Å². The maximum Gasteiger partial charge on any atom is 0.217 e. The van der Waals surface area contributed by atoms with Crippen LogP contribution in [0.1, 0.15) is 11.1 Å². The second-order valence-electron chi connectivity index (χ2n) is 5.98. The second-order valence-corrected chi connectivity index (χ2v) is 5.98. The van der Waals surface area contributed by atoms with E-state index in [0.717, 1.165) is 27.6 Å². The van der Waals surface area contributed by atoms with E-state index in [1.807, 2.05) is 24.4 Å². The van der Waals surface area contributed by atoms with Crippen LogP contribution in [0.3, 0.4) is 0 Å². The van der Waals surface area contributed by atoms with Gasteiger partial charge in [0.1, 0.15) is 5.75 Å². The number of nitrogens with zero attached hydrogens (tertiary/aromatic N) is 1. The summed E-state index contributed by atoms with van der Waals surface area (Å²) in [6.07, 6.45) is 2.56. The van der Waals surface area contributed by atoms with E-state index in [2.05, 4.69) is 47.4 Å². The van der Waals surface area contributed by atoms with Crippen molar-refractivity contribution in [3.63, 3.8) is 0 Å². The first-order valence-electron chi connectivity index (χ1n) is 8.27. The summed E-state index contributed by atoms with van der Waals surface area (Å²) in [7, 11) is 3.38. The number of aromatic nitrogens is 1. The lowest BCUT2D eigenvalue weighted by molar-refractivity contribution is 0.393. The summed E-state index contributed by atoms with van der Waals surface area (Å²) in [5.74, 6) is 1.54. The van der Waals surface area contributed by atoms with Crippen LogP contribution < -0.4 is 9.47 Å². The molecular formula is C22H19NO2. The Morgan fingerprint density at radius 1 is 0.720 bits per heavy atom. The van der Waals surface area contributed by atoms with Gasteiger partial charge < -0.3 is 9.47 Å². The van der Waals surface area contributed by atoms with Crippen molar-refractivity contribution < 1.29 is 9.47 Å². The van der Waals surface area contributed by atoms with Gasteiger partial charge in [-0.3, -0.25) is 0 Å². The number of hydrogen-bond donors (Lipinski definition) is 0. The van der Waals surface area contributed by atoms with Crippen molar-refractivity contribution in [2.75, 3.05) is 14.2 Å². The quantitative estimate of drug-likeness (QED) is 0.528. The molecule has 3 heteroatoms. The largest absolute Gasteiger partial charge is 0.496 e. The molecule has 124 valence electrons. The first-order chi connectivity index (χ1) is 12.3. The van der Waals surface area contributed by atoms with E-state index in [1.54, 1.807) is 14.2 Å². The molecule has 0 radical (unpaired) electrons. The average Bonchev–Trinajstić information content (AvgIpc) is 2.68. The first kappa shape index (κ1) is 15.5. The van der Waals surface area contributed by atoms with Gasteiger partial charge in [0.15, 0.2) is 0 Å². The van der Waals surface area contributed by atoms with Crippen LogP contribution in [0.25, 0.3) is 21.5 Å². The third-order valence-electron chi connectivity index (χ3n) is 4.63. The van der Waals surface area contributed by atoms with Crippen molar-refractivity contribution in [3.05, 3.63) is 78.0 Å². The van der Waals surface area contributed by atoms with E-state index in [0.29, 0.717) is 12.3 Å². The molecule has 3 nitrogen and oxygen atoms in total. The van der Waals surface area contributed by atoms with Crippen LogP contribution in [0.15, 0.2) is 66.9 Å². The summed E-state index contributed by atoms with van der Waals surface area (Å²) < 4.78 is 11.2. The summed E-state index contributed by atoms with van der Waals surface area (Å²) in [4.78, 5) is 4.49. The molecule has 0 bridgehead atoms. The van der Waals surface area contributed by atoms with Crippen molar-refractivity contribution in [1.82, 2.24) is 4.98 Å². The van der Waals surface area contributed by atoms with Crippen molar-refractivity contribution in [1.29, 1.82) is 0 Å². The molecular weight excluding hydrogens is 310 g/mol. The summed E-state index contributed by atoms with van der Waals surface area (Å²) in [6, 6.07) is 20.8. The number of benzene rings is 3. The average molecular weight is 329 g/mol. The topological polar surface area (TPSA) is 31.4 Å². The standard InChI is InChI=1S/C22H19NO2/c1-24-21-12-11-15-7-3-5-9-17(15)19(21)13-20-18-10-6-4-8-16(18)14-23-22(20)25-2/h3-12,14H,13H2,1-2H3. The number of ether oxygens (including phenoxy) is 2. The molecule has 0 aliphatic heterocycles. The van der Waals surface area contributed by atoms with E-state index in [4.69, 9.17) is 9.47 Å². The van der Waals surface area contributed by atoms with Crippen molar-refractivity contribution >= 4 is 21.5 Å². The predicted molar refractivity (Wildman–Crippen MR) is 102 cm³/mol. The lowest BCUT2D eigenvalue weighted by atomic mass is 9.95. The Kier molecular flexibility index (Phi) is 3.98. The number of fused-ring (bicyclic) bond motifs is 2. The Balaban J connectivity index is 1.97. The highest BCUT2D eigenvalue weighted by Gasteiger charge is 2.15. The highest BCUT2D eigenvalue weighted by Crippen LogP contribution is 2.34. The van der Waals surface area contributed by atoms with E-state index in [9.17, 15) is 0 Å². The zero-order valence-electron chi connectivity index (χ0n) is 14.3. The Morgan fingerprint density at radius 3 is 2.12 bits per heavy atom. The van der Waals surface area contributed by atoms with Gasteiger partial charge in [0.25, 0.3) is 0 Å². The van der Waals surface area contributed by atoms with Gasteiger partial charge in [-0.05, 0) is 22.2 Å². The zero-order chi connectivity index (χ0) is 17.2. The SMILES string of the molecule is COc1ccc2ccccc2c1Cc1c(OC)ncc2ccccc12. The molecule has 0 amide bonds. The summed E-state index contributed by atoms with van der Waals surface area (Å²) >= 11 is 0. The molecule has 25 heavy (non-hydrogen) atoms. The fourth-order valence-electron chi connectivity index (χ4n) is 3.42. The van der Waals surface area contributed by atoms with Crippen LogP contribution in [0.2, 0.25) is 0 Å². The monoisotopic (exact) mass is 329 g/mol. The van der Waals surface area contributed by atoms with E-state index in [1.165, 1.54) is 10.8 Å². The van der Waals surface area contributed by atoms with Crippen LogP contribution in [0.5, 0.6) is 11.6 Å². The minimum absolute atomic E-state index is 0.661. The maximum atomic E-state index is 5.65. The van der Waals surface area contributed by atoms with E-state index < -0.39 is 0 Å². The minimum atomic E-state index is 0.661. The highest BCUT2D eigenvalue weighted by molar-refractivity contribution is 5.90. The third kappa shape index (κ3) is 2.68.